The fourth-order valence-electron chi connectivity index (χ4n) is 5.56. The van der Waals surface area contributed by atoms with Crippen molar-refractivity contribution in [3.63, 3.8) is 0 Å². The smallest absolute Gasteiger partial charge is 0.243 e. The molecule has 0 bridgehead atoms. The molecular formula is C28H34N2O3S. The summed E-state index contributed by atoms with van der Waals surface area (Å²) in [4.78, 5) is 0.383. The molecule has 6 heteroatoms. The summed E-state index contributed by atoms with van der Waals surface area (Å²) in [6, 6.07) is 23.5. The zero-order valence-electron chi connectivity index (χ0n) is 19.8. The van der Waals surface area contributed by atoms with Crippen LogP contribution >= 0.6 is 0 Å². The molecule has 0 radical (unpaired) electrons. The topological polar surface area (TPSA) is 58.6 Å². The van der Waals surface area contributed by atoms with Crippen LogP contribution in [0.3, 0.4) is 0 Å². The molecule has 2 aliphatic rings. The molecule has 3 aromatic carbocycles. The van der Waals surface area contributed by atoms with Gasteiger partial charge in [0.2, 0.25) is 10.0 Å². The van der Waals surface area contributed by atoms with Gasteiger partial charge in [0.15, 0.2) is 0 Å². The summed E-state index contributed by atoms with van der Waals surface area (Å²) < 4.78 is 32.7. The first-order chi connectivity index (χ1) is 16.5. The number of nitrogens with zero attached hydrogens (tertiary/aromatic N) is 1. The molecule has 1 heterocycles. The van der Waals surface area contributed by atoms with Gasteiger partial charge in [0.1, 0.15) is 0 Å². The molecule has 34 heavy (non-hydrogen) atoms. The largest absolute Gasteiger partial charge is 0.379 e. The molecule has 2 unspecified atom stereocenters. The van der Waals surface area contributed by atoms with Gasteiger partial charge in [-0.15, -0.1) is 0 Å². The quantitative estimate of drug-likeness (QED) is 0.527. The van der Waals surface area contributed by atoms with E-state index in [1.807, 2.05) is 12.1 Å². The van der Waals surface area contributed by atoms with Crippen molar-refractivity contribution in [3.8, 4) is 0 Å². The van der Waals surface area contributed by atoms with Gasteiger partial charge in [-0.25, -0.2) is 8.42 Å². The van der Waals surface area contributed by atoms with Gasteiger partial charge in [0.25, 0.3) is 0 Å². The number of nitrogens with one attached hydrogen (secondary N) is 1. The Bertz CT molecular complexity index is 1210. The number of rotatable bonds is 6. The molecular weight excluding hydrogens is 444 g/mol. The lowest BCUT2D eigenvalue weighted by atomic mass is 9.81. The van der Waals surface area contributed by atoms with E-state index in [0.29, 0.717) is 43.2 Å². The summed E-state index contributed by atoms with van der Waals surface area (Å²) in [5.41, 5.74) is 2.59. The van der Waals surface area contributed by atoms with Crippen LogP contribution < -0.4 is 5.32 Å². The Kier molecular flexibility index (Phi) is 7.02. The molecule has 180 valence electrons. The van der Waals surface area contributed by atoms with Crippen LogP contribution in [-0.2, 0) is 14.8 Å². The molecule has 1 N–H and O–H groups in total. The average molecular weight is 479 g/mol. The normalized spacial score (nSPS) is 23.1. The maximum absolute atomic E-state index is 12.9. The number of hydrogen-bond donors (Lipinski definition) is 1. The van der Waals surface area contributed by atoms with E-state index in [2.05, 4.69) is 54.7 Å². The van der Waals surface area contributed by atoms with Crippen molar-refractivity contribution in [2.45, 2.75) is 55.5 Å². The van der Waals surface area contributed by atoms with Crippen LogP contribution in [0.5, 0.6) is 0 Å². The van der Waals surface area contributed by atoms with E-state index in [1.165, 1.54) is 39.0 Å². The second-order valence-electron chi connectivity index (χ2n) is 9.60. The Hall–Kier alpha value is -2.25. The van der Waals surface area contributed by atoms with Crippen LogP contribution in [0.25, 0.3) is 10.8 Å². The summed E-state index contributed by atoms with van der Waals surface area (Å²) in [5, 5.41) is 6.49. The molecule has 0 aromatic heterocycles. The first-order valence-electron chi connectivity index (χ1n) is 12.4. The standard InChI is InChI=1S/C28H34N2O3S/c1-21(27-11-5-7-23-6-2-3-10-28(23)27)29-25-9-4-8-24(20-25)22-12-14-26(15-13-22)34(31,32)30-16-18-33-19-17-30/h2-3,5-7,10-15,21,24-25,29H,4,8-9,16-20H2,1H3/t21-,24?,25?/m1/s1. The summed E-state index contributed by atoms with van der Waals surface area (Å²) in [7, 11) is -3.44. The maximum Gasteiger partial charge on any atom is 0.243 e. The highest BCUT2D eigenvalue weighted by molar-refractivity contribution is 7.89. The fourth-order valence-corrected chi connectivity index (χ4v) is 6.97. The van der Waals surface area contributed by atoms with Gasteiger partial charge < -0.3 is 10.1 Å². The zero-order valence-corrected chi connectivity index (χ0v) is 20.6. The molecule has 0 amide bonds. The van der Waals surface area contributed by atoms with Gasteiger partial charge in [-0.05, 0) is 66.1 Å². The van der Waals surface area contributed by atoms with Gasteiger partial charge in [0.05, 0.1) is 18.1 Å². The van der Waals surface area contributed by atoms with Crippen molar-refractivity contribution in [2.24, 2.45) is 0 Å². The lowest BCUT2D eigenvalue weighted by molar-refractivity contribution is 0.0730. The third-order valence-corrected chi connectivity index (χ3v) is 9.32. The third-order valence-electron chi connectivity index (χ3n) is 7.41. The van der Waals surface area contributed by atoms with Crippen LogP contribution in [0.1, 0.15) is 55.7 Å². The maximum atomic E-state index is 12.9. The Morgan fingerprint density at radius 1 is 0.941 bits per heavy atom. The number of ether oxygens (including phenoxy) is 1. The first kappa shape index (κ1) is 23.5. The minimum absolute atomic E-state index is 0.274. The van der Waals surface area contributed by atoms with Crippen LogP contribution in [0.2, 0.25) is 0 Å². The molecule has 5 nitrogen and oxygen atoms in total. The highest BCUT2D eigenvalue weighted by atomic mass is 32.2. The number of morpholine rings is 1. The third kappa shape index (κ3) is 4.91. The van der Waals surface area contributed by atoms with E-state index in [4.69, 9.17) is 4.74 Å². The second-order valence-corrected chi connectivity index (χ2v) is 11.5. The molecule has 5 rings (SSSR count). The van der Waals surface area contributed by atoms with E-state index in [-0.39, 0.29) is 6.04 Å². The van der Waals surface area contributed by atoms with Gasteiger partial charge >= 0.3 is 0 Å². The summed E-state index contributed by atoms with van der Waals surface area (Å²) in [6.45, 7) is 4.04. The van der Waals surface area contributed by atoms with Crippen LogP contribution in [0, 0.1) is 0 Å². The molecule has 0 spiro atoms. The summed E-state index contributed by atoms with van der Waals surface area (Å²) in [6.07, 6.45) is 4.58. The Morgan fingerprint density at radius 3 is 2.47 bits per heavy atom. The summed E-state index contributed by atoms with van der Waals surface area (Å²) in [5.74, 6) is 0.450. The summed E-state index contributed by atoms with van der Waals surface area (Å²) >= 11 is 0. The van der Waals surface area contributed by atoms with E-state index >= 15 is 0 Å². The first-order valence-corrected chi connectivity index (χ1v) is 13.9. The van der Waals surface area contributed by atoms with Gasteiger partial charge in [-0.2, -0.15) is 4.31 Å². The Morgan fingerprint density at radius 2 is 1.68 bits per heavy atom. The van der Waals surface area contributed by atoms with Crippen molar-refractivity contribution in [1.82, 2.24) is 9.62 Å². The predicted molar refractivity (Wildman–Crippen MR) is 137 cm³/mol. The molecule has 1 aliphatic heterocycles. The minimum atomic E-state index is -3.44. The fraction of sp³-hybridized carbons (Fsp3) is 0.429. The minimum Gasteiger partial charge on any atom is -0.379 e. The molecule has 1 aliphatic carbocycles. The van der Waals surface area contributed by atoms with Crippen LogP contribution in [-0.4, -0.2) is 45.1 Å². The van der Waals surface area contributed by atoms with Crippen molar-refractivity contribution in [1.29, 1.82) is 0 Å². The van der Waals surface area contributed by atoms with E-state index < -0.39 is 10.0 Å². The predicted octanol–water partition coefficient (Wildman–Crippen LogP) is 5.24. The highest BCUT2D eigenvalue weighted by Gasteiger charge is 2.28. The lowest BCUT2D eigenvalue weighted by Gasteiger charge is -2.33. The van der Waals surface area contributed by atoms with Crippen molar-refractivity contribution >= 4 is 20.8 Å². The Balaban J connectivity index is 1.26. The van der Waals surface area contributed by atoms with Crippen LogP contribution in [0.4, 0.5) is 0 Å². The number of sulfonamides is 1. The van der Waals surface area contributed by atoms with E-state index in [1.54, 1.807) is 12.1 Å². The van der Waals surface area contributed by atoms with Crippen molar-refractivity contribution in [2.75, 3.05) is 26.3 Å². The molecule has 2 fully saturated rings. The Labute approximate surface area is 203 Å². The molecule has 1 saturated carbocycles. The SMILES string of the molecule is C[C@@H](NC1CCCC(c2ccc(S(=O)(=O)N3CCOCC3)cc2)C1)c1cccc2ccccc12. The van der Waals surface area contributed by atoms with Gasteiger partial charge in [-0.1, -0.05) is 61.0 Å². The zero-order chi connectivity index (χ0) is 23.5. The van der Waals surface area contributed by atoms with E-state index in [9.17, 15) is 8.42 Å². The monoisotopic (exact) mass is 478 g/mol. The average Bonchev–Trinajstić information content (AvgIpc) is 2.89. The lowest BCUT2D eigenvalue weighted by Crippen LogP contribution is -2.40. The number of hydrogen-bond acceptors (Lipinski definition) is 4. The number of fused-ring (bicyclic) bond motifs is 1. The molecule has 3 atom stereocenters. The molecule has 1 saturated heterocycles. The van der Waals surface area contributed by atoms with E-state index in [0.717, 1.165) is 12.8 Å². The number of benzene rings is 3. The second kappa shape index (κ2) is 10.2. The highest BCUT2D eigenvalue weighted by Crippen LogP contribution is 2.35. The van der Waals surface area contributed by atoms with Gasteiger partial charge in [0, 0.05) is 25.2 Å². The van der Waals surface area contributed by atoms with Crippen molar-refractivity contribution < 1.29 is 13.2 Å². The van der Waals surface area contributed by atoms with Gasteiger partial charge in [-0.3, -0.25) is 0 Å². The van der Waals surface area contributed by atoms with Crippen molar-refractivity contribution in [3.05, 3.63) is 77.9 Å². The molecule has 3 aromatic rings. The van der Waals surface area contributed by atoms with Crippen LogP contribution in [0.15, 0.2) is 71.6 Å².